The third-order valence-corrected chi connectivity index (χ3v) is 3.02. The summed E-state index contributed by atoms with van der Waals surface area (Å²) in [7, 11) is 0. The Morgan fingerprint density at radius 1 is 1.53 bits per heavy atom. The fourth-order valence-electron chi connectivity index (χ4n) is 1.16. The predicted molar refractivity (Wildman–Crippen MR) is 64.1 cm³/mol. The van der Waals surface area contributed by atoms with E-state index in [1.165, 1.54) is 11.7 Å². The average molecular weight is 288 g/mol. The molecule has 0 saturated carbocycles. The fourth-order valence-corrected chi connectivity index (χ4v) is 2.07. The standard InChI is InChI=1S/C9H10BrN3OS/c1-2-4-11-9-7(12-15-13-9)8-6(10)3-5-14-8/h3,5H,2,4H2,1H3,(H,11,13). The van der Waals surface area contributed by atoms with E-state index >= 15 is 0 Å². The van der Waals surface area contributed by atoms with Gasteiger partial charge in [-0.2, -0.15) is 8.75 Å². The highest BCUT2D eigenvalue weighted by molar-refractivity contribution is 9.10. The van der Waals surface area contributed by atoms with E-state index < -0.39 is 0 Å². The summed E-state index contributed by atoms with van der Waals surface area (Å²) in [6.07, 6.45) is 2.68. The molecule has 2 aromatic rings. The quantitative estimate of drug-likeness (QED) is 0.937. The molecule has 6 heteroatoms. The summed E-state index contributed by atoms with van der Waals surface area (Å²) in [6.45, 7) is 2.99. The lowest BCUT2D eigenvalue weighted by Gasteiger charge is -2.01. The molecule has 15 heavy (non-hydrogen) atoms. The Bertz CT molecular complexity index is 440. The molecule has 0 fully saturated rings. The first-order valence-electron chi connectivity index (χ1n) is 4.62. The Kier molecular flexibility index (Phi) is 3.37. The van der Waals surface area contributed by atoms with Crippen LogP contribution in [0.4, 0.5) is 5.82 Å². The molecule has 80 valence electrons. The van der Waals surface area contributed by atoms with E-state index in [1.54, 1.807) is 6.26 Å². The molecule has 2 heterocycles. The van der Waals surface area contributed by atoms with Gasteiger partial charge in [-0.25, -0.2) is 0 Å². The zero-order valence-corrected chi connectivity index (χ0v) is 10.6. The minimum atomic E-state index is 0.724. The molecule has 0 aliphatic carbocycles. The molecule has 0 atom stereocenters. The summed E-state index contributed by atoms with van der Waals surface area (Å²) in [6, 6.07) is 1.85. The van der Waals surface area contributed by atoms with Crippen molar-refractivity contribution < 1.29 is 4.42 Å². The van der Waals surface area contributed by atoms with Crippen molar-refractivity contribution in [1.82, 2.24) is 8.75 Å². The lowest BCUT2D eigenvalue weighted by molar-refractivity contribution is 0.579. The van der Waals surface area contributed by atoms with Crippen LogP contribution in [0.2, 0.25) is 0 Å². The first kappa shape index (κ1) is 10.6. The van der Waals surface area contributed by atoms with E-state index in [1.807, 2.05) is 6.07 Å². The van der Waals surface area contributed by atoms with Crippen molar-refractivity contribution in [3.8, 4) is 11.5 Å². The lowest BCUT2D eigenvalue weighted by atomic mass is 10.3. The van der Waals surface area contributed by atoms with Gasteiger partial charge in [-0.15, -0.1) is 0 Å². The highest BCUT2D eigenvalue weighted by atomic mass is 79.9. The summed E-state index contributed by atoms with van der Waals surface area (Å²) >= 11 is 4.59. The lowest BCUT2D eigenvalue weighted by Crippen LogP contribution is -2.00. The fraction of sp³-hybridized carbons (Fsp3) is 0.333. The van der Waals surface area contributed by atoms with Crippen LogP contribution in [0.5, 0.6) is 0 Å². The number of aromatic nitrogens is 2. The van der Waals surface area contributed by atoms with Gasteiger partial charge < -0.3 is 9.73 Å². The molecular formula is C9H10BrN3OS. The van der Waals surface area contributed by atoms with Crippen molar-refractivity contribution in [1.29, 1.82) is 0 Å². The zero-order chi connectivity index (χ0) is 10.7. The molecule has 0 amide bonds. The minimum absolute atomic E-state index is 0.724. The molecule has 0 radical (unpaired) electrons. The molecule has 4 nitrogen and oxygen atoms in total. The largest absolute Gasteiger partial charge is 0.461 e. The number of halogens is 1. The normalized spacial score (nSPS) is 10.5. The van der Waals surface area contributed by atoms with Crippen LogP contribution in [-0.4, -0.2) is 15.3 Å². The highest BCUT2D eigenvalue weighted by Gasteiger charge is 2.15. The van der Waals surface area contributed by atoms with E-state index in [0.717, 1.165) is 34.7 Å². The third kappa shape index (κ3) is 2.21. The van der Waals surface area contributed by atoms with E-state index in [-0.39, 0.29) is 0 Å². The van der Waals surface area contributed by atoms with E-state index in [2.05, 4.69) is 36.9 Å². The molecule has 0 aliphatic rings. The maximum atomic E-state index is 5.35. The van der Waals surface area contributed by atoms with Crippen LogP contribution in [0, 0.1) is 0 Å². The Morgan fingerprint density at radius 2 is 2.40 bits per heavy atom. The molecule has 2 aromatic heterocycles. The number of furan rings is 1. The second-order valence-corrected chi connectivity index (χ2v) is 4.37. The van der Waals surface area contributed by atoms with Gasteiger partial charge in [0.2, 0.25) is 0 Å². The number of anilines is 1. The van der Waals surface area contributed by atoms with Crippen LogP contribution in [0.3, 0.4) is 0 Å². The average Bonchev–Trinajstić information content (AvgIpc) is 2.82. The third-order valence-electron chi connectivity index (χ3n) is 1.86. The summed E-state index contributed by atoms with van der Waals surface area (Å²) in [5.74, 6) is 1.51. The van der Waals surface area contributed by atoms with E-state index in [0.29, 0.717) is 0 Å². The number of hydrogen-bond acceptors (Lipinski definition) is 5. The molecule has 0 spiro atoms. The summed E-state index contributed by atoms with van der Waals surface area (Å²) in [5.41, 5.74) is 0.769. The number of nitrogens with zero attached hydrogens (tertiary/aromatic N) is 2. The van der Waals surface area contributed by atoms with Crippen molar-refractivity contribution in [3.63, 3.8) is 0 Å². The van der Waals surface area contributed by atoms with Crippen LogP contribution >= 0.6 is 27.7 Å². The number of nitrogens with one attached hydrogen (secondary N) is 1. The topological polar surface area (TPSA) is 51.0 Å². The molecule has 0 bridgehead atoms. The van der Waals surface area contributed by atoms with Gasteiger partial charge >= 0.3 is 0 Å². The summed E-state index contributed by atoms with van der Waals surface area (Å²) < 4.78 is 14.7. The summed E-state index contributed by atoms with van der Waals surface area (Å²) in [4.78, 5) is 0. The Labute approximate surface area is 100 Å². The van der Waals surface area contributed by atoms with Crippen LogP contribution in [0.1, 0.15) is 13.3 Å². The monoisotopic (exact) mass is 287 g/mol. The second kappa shape index (κ2) is 4.76. The summed E-state index contributed by atoms with van der Waals surface area (Å²) in [5, 5.41) is 3.21. The van der Waals surface area contributed by atoms with Crippen molar-refractivity contribution >= 4 is 33.5 Å². The van der Waals surface area contributed by atoms with Crippen molar-refractivity contribution in [2.24, 2.45) is 0 Å². The minimum Gasteiger partial charge on any atom is -0.461 e. The van der Waals surface area contributed by atoms with E-state index in [4.69, 9.17) is 4.42 Å². The molecule has 0 aliphatic heterocycles. The van der Waals surface area contributed by atoms with Crippen LogP contribution < -0.4 is 5.32 Å². The van der Waals surface area contributed by atoms with Gasteiger partial charge in [-0.3, -0.25) is 0 Å². The van der Waals surface area contributed by atoms with E-state index in [9.17, 15) is 0 Å². The van der Waals surface area contributed by atoms with Gasteiger partial charge in [0.05, 0.1) is 22.5 Å². The zero-order valence-electron chi connectivity index (χ0n) is 8.16. The Morgan fingerprint density at radius 3 is 3.07 bits per heavy atom. The smallest absolute Gasteiger partial charge is 0.171 e. The molecule has 0 unspecified atom stereocenters. The maximum absolute atomic E-state index is 5.35. The first-order valence-corrected chi connectivity index (χ1v) is 6.15. The molecule has 0 aromatic carbocycles. The van der Waals surface area contributed by atoms with Gasteiger partial charge in [-0.1, -0.05) is 6.92 Å². The predicted octanol–water partition coefficient (Wildman–Crippen LogP) is 3.38. The number of hydrogen-bond donors (Lipinski definition) is 1. The first-order chi connectivity index (χ1) is 7.33. The second-order valence-electron chi connectivity index (χ2n) is 2.99. The van der Waals surface area contributed by atoms with Crippen molar-refractivity contribution in [2.75, 3.05) is 11.9 Å². The van der Waals surface area contributed by atoms with Gasteiger partial charge in [0.1, 0.15) is 0 Å². The maximum Gasteiger partial charge on any atom is 0.171 e. The number of rotatable bonds is 4. The van der Waals surface area contributed by atoms with Crippen molar-refractivity contribution in [3.05, 3.63) is 16.8 Å². The molecular weight excluding hydrogens is 278 g/mol. The van der Waals surface area contributed by atoms with Crippen molar-refractivity contribution in [2.45, 2.75) is 13.3 Å². The Hall–Kier alpha value is -0.880. The van der Waals surface area contributed by atoms with Gasteiger partial charge in [0.15, 0.2) is 17.3 Å². The van der Waals surface area contributed by atoms with Crippen LogP contribution in [-0.2, 0) is 0 Å². The Balaban J connectivity index is 2.29. The van der Waals surface area contributed by atoms with Gasteiger partial charge in [0.25, 0.3) is 0 Å². The van der Waals surface area contributed by atoms with Crippen LogP contribution in [0.15, 0.2) is 21.2 Å². The van der Waals surface area contributed by atoms with Gasteiger partial charge in [0, 0.05) is 6.54 Å². The van der Waals surface area contributed by atoms with Crippen LogP contribution in [0.25, 0.3) is 11.5 Å². The highest BCUT2D eigenvalue weighted by Crippen LogP contribution is 2.32. The molecule has 1 N–H and O–H groups in total. The molecule has 2 rings (SSSR count). The molecule has 0 saturated heterocycles. The van der Waals surface area contributed by atoms with Gasteiger partial charge in [-0.05, 0) is 28.4 Å². The SMILES string of the molecule is CCCNc1nsnc1-c1occc1Br.